The highest BCUT2D eigenvalue weighted by Gasteiger charge is 2.34. The summed E-state index contributed by atoms with van der Waals surface area (Å²) in [6, 6.07) is 32.5. The molecular formula is C20H21OP. The van der Waals surface area contributed by atoms with Gasteiger partial charge < -0.3 is 5.48 Å². The van der Waals surface area contributed by atoms with Crippen LogP contribution in [0.2, 0.25) is 0 Å². The van der Waals surface area contributed by atoms with Crippen LogP contribution in [0.15, 0.2) is 91.0 Å². The van der Waals surface area contributed by atoms with Gasteiger partial charge in [-0.25, -0.2) is 0 Å². The Bertz CT molecular complexity index is 584. The highest BCUT2D eigenvalue weighted by Crippen LogP contribution is 2.50. The molecule has 3 rings (SSSR count). The van der Waals surface area contributed by atoms with Crippen molar-refractivity contribution >= 4 is 8.58 Å². The Morgan fingerprint density at radius 2 is 0.818 bits per heavy atom. The molecule has 0 saturated carbocycles. The SMILES string of the molecule is CPC(c1ccccc1)(c1ccccc1)c1ccccc1.O. The van der Waals surface area contributed by atoms with Crippen LogP contribution >= 0.6 is 8.58 Å². The van der Waals surface area contributed by atoms with Crippen molar-refractivity contribution in [3.63, 3.8) is 0 Å². The minimum absolute atomic E-state index is 0. The van der Waals surface area contributed by atoms with Gasteiger partial charge >= 0.3 is 0 Å². The van der Waals surface area contributed by atoms with E-state index in [0.29, 0.717) is 0 Å². The smallest absolute Gasteiger partial charge is 0.0617 e. The van der Waals surface area contributed by atoms with Crippen molar-refractivity contribution < 1.29 is 5.48 Å². The van der Waals surface area contributed by atoms with E-state index in [4.69, 9.17) is 0 Å². The van der Waals surface area contributed by atoms with Crippen LogP contribution in [0.3, 0.4) is 0 Å². The van der Waals surface area contributed by atoms with Crippen LogP contribution in [0.5, 0.6) is 0 Å². The van der Waals surface area contributed by atoms with Gasteiger partial charge in [0.2, 0.25) is 0 Å². The summed E-state index contributed by atoms with van der Waals surface area (Å²) in [7, 11) is 0.751. The lowest BCUT2D eigenvalue weighted by Crippen LogP contribution is -2.23. The molecule has 0 heterocycles. The van der Waals surface area contributed by atoms with Crippen molar-refractivity contribution in [1.29, 1.82) is 0 Å². The number of hydrogen-bond donors (Lipinski definition) is 0. The molecule has 1 atom stereocenters. The predicted molar refractivity (Wildman–Crippen MR) is 97.1 cm³/mol. The third-order valence-corrected chi connectivity index (χ3v) is 5.61. The molecular weight excluding hydrogens is 287 g/mol. The molecule has 1 unspecified atom stereocenters. The van der Waals surface area contributed by atoms with Gasteiger partial charge in [0.05, 0.1) is 5.16 Å². The molecule has 0 aliphatic carbocycles. The van der Waals surface area contributed by atoms with Gasteiger partial charge in [-0.1, -0.05) is 91.0 Å². The standard InChI is InChI=1S/C20H19P.H2O/c1-21-20(17-11-5-2-6-12-17,18-13-7-3-8-14-18)19-15-9-4-10-16-19;/h2-16,21H,1H3;1H2. The van der Waals surface area contributed by atoms with Crippen LogP contribution in [0.4, 0.5) is 0 Å². The highest BCUT2D eigenvalue weighted by atomic mass is 31.1. The summed E-state index contributed by atoms with van der Waals surface area (Å²) < 4.78 is 0. The van der Waals surface area contributed by atoms with Crippen LogP contribution in [-0.2, 0) is 5.16 Å². The fourth-order valence-electron chi connectivity index (χ4n) is 3.00. The molecule has 2 N–H and O–H groups in total. The summed E-state index contributed by atoms with van der Waals surface area (Å²) in [5, 5.41) is -0.0518. The van der Waals surface area contributed by atoms with Gasteiger partial charge in [0.25, 0.3) is 0 Å². The summed E-state index contributed by atoms with van der Waals surface area (Å²) in [6.07, 6.45) is 0. The molecule has 0 spiro atoms. The van der Waals surface area contributed by atoms with Crippen molar-refractivity contribution in [1.82, 2.24) is 0 Å². The molecule has 0 amide bonds. The maximum absolute atomic E-state index is 2.30. The lowest BCUT2D eigenvalue weighted by molar-refractivity contribution is 0.824. The Morgan fingerprint density at radius 3 is 1.05 bits per heavy atom. The minimum Gasteiger partial charge on any atom is -0.412 e. The second kappa shape index (κ2) is 7.35. The van der Waals surface area contributed by atoms with Gasteiger partial charge in [-0.3, -0.25) is 0 Å². The van der Waals surface area contributed by atoms with Crippen LogP contribution < -0.4 is 0 Å². The van der Waals surface area contributed by atoms with Crippen molar-refractivity contribution in [2.45, 2.75) is 5.16 Å². The summed E-state index contributed by atoms with van der Waals surface area (Å²) in [4.78, 5) is 0. The van der Waals surface area contributed by atoms with Crippen molar-refractivity contribution in [3.05, 3.63) is 108 Å². The molecule has 2 heteroatoms. The summed E-state index contributed by atoms with van der Waals surface area (Å²) in [5.74, 6) is 0. The zero-order valence-corrected chi connectivity index (χ0v) is 13.7. The van der Waals surface area contributed by atoms with E-state index in [-0.39, 0.29) is 10.6 Å². The lowest BCUT2D eigenvalue weighted by atomic mass is 9.84. The Kier molecular flexibility index (Phi) is 5.49. The number of rotatable bonds is 4. The largest absolute Gasteiger partial charge is 0.412 e. The first-order chi connectivity index (χ1) is 10.4. The molecule has 0 fully saturated rings. The number of benzene rings is 3. The zero-order valence-electron chi connectivity index (χ0n) is 12.7. The average Bonchev–Trinajstić information content (AvgIpc) is 2.59. The van der Waals surface area contributed by atoms with Gasteiger partial charge in [0.15, 0.2) is 0 Å². The summed E-state index contributed by atoms with van der Waals surface area (Å²) in [5.41, 5.74) is 4.09. The molecule has 0 aliphatic rings. The van der Waals surface area contributed by atoms with Gasteiger partial charge in [-0.15, -0.1) is 8.58 Å². The predicted octanol–water partition coefficient (Wildman–Crippen LogP) is 4.46. The first-order valence-corrected chi connectivity index (χ1v) is 8.73. The lowest BCUT2D eigenvalue weighted by Gasteiger charge is -2.35. The third kappa shape index (κ3) is 2.83. The average molecular weight is 308 g/mol. The van der Waals surface area contributed by atoms with E-state index in [2.05, 4.69) is 97.7 Å². The van der Waals surface area contributed by atoms with E-state index >= 15 is 0 Å². The van der Waals surface area contributed by atoms with Gasteiger partial charge in [-0.2, -0.15) is 0 Å². The summed E-state index contributed by atoms with van der Waals surface area (Å²) in [6.45, 7) is 2.30. The van der Waals surface area contributed by atoms with Gasteiger partial charge in [0.1, 0.15) is 0 Å². The molecule has 0 bridgehead atoms. The second-order valence-electron chi connectivity index (χ2n) is 5.10. The second-order valence-corrected chi connectivity index (χ2v) is 6.35. The number of hydrogen-bond acceptors (Lipinski definition) is 0. The molecule has 0 saturated heterocycles. The quantitative estimate of drug-likeness (QED) is 0.503. The third-order valence-electron chi connectivity index (χ3n) is 4.00. The maximum atomic E-state index is 2.30. The zero-order chi connectivity index (χ0) is 14.5. The van der Waals surface area contributed by atoms with E-state index < -0.39 is 0 Å². The van der Waals surface area contributed by atoms with Crippen LogP contribution in [-0.4, -0.2) is 12.1 Å². The van der Waals surface area contributed by atoms with Crippen LogP contribution in [0.25, 0.3) is 0 Å². The maximum Gasteiger partial charge on any atom is 0.0617 e. The normalized spacial score (nSPS) is 11.3. The van der Waals surface area contributed by atoms with Crippen LogP contribution in [0.1, 0.15) is 16.7 Å². The first-order valence-electron chi connectivity index (χ1n) is 7.23. The van der Waals surface area contributed by atoms with E-state index in [1.807, 2.05) is 0 Å². The van der Waals surface area contributed by atoms with Crippen molar-refractivity contribution in [2.24, 2.45) is 0 Å². The molecule has 3 aromatic rings. The fraction of sp³-hybridized carbons (Fsp3) is 0.100. The van der Waals surface area contributed by atoms with E-state index in [9.17, 15) is 0 Å². The molecule has 3 aromatic carbocycles. The fourth-order valence-corrected chi connectivity index (χ4v) is 4.36. The molecule has 0 aliphatic heterocycles. The molecule has 22 heavy (non-hydrogen) atoms. The van der Waals surface area contributed by atoms with Gasteiger partial charge in [-0.05, 0) is 23.4 Å². The molecule has 0 radical (unpaired) electrons. The molecule has 0 aromatic heterocycles. The van der Waals surface area contributed by atoms with Crippen LogP contribution in [0, 0.1) is 0 Å². The minimum atomic E-state index is -0.0518. The van der Waals surface area contributed by atoms with Crippen molar-refractivity contribution in [3.8, 4) is 0 Å². The highest BCUT2D eigenvalue weighted by molar-refractivity contribution is 7.39. The van der Waals surface area contributed by atoms with Gasteiger partial charge in [0, 0.05) is 0 Å². The Morgan fingerprint density at radius 1 is 0.545 bits per heavy atom. The van der Waals surface area contributed by atoms with E-state index in [0.717, 1.165) is 8.58 Å². The monoisotopic (exact) mass is 308 g/mol. The molecule has 112 valence electrons. The Labute approximate surface area is 134 Å². The van der Waals surface area contributed by atoms with E-state index in [1.54, 1.807) is 0 Å². The topological polar surface area (TPSA) is 31.5 Å². The Hall–Kier alpha value is -1.95. The Balaban J connectivity index is 0.00000176. The van der Waals surface area contributed by atoms with Crippen molar-refractivity contribution in [2.75, 3.05) is 6.66 Å². The molecule has 1 nitrogen and oxygen atoms in total. The van der Waals surface area contributed by atoms with E-state index in [1.165, 1.54) is 16.7 Å². The summed E-state index contributed by atoms with van der Waals surface area (Å²) >= 11 is 0. The first kappa shape index (κ1) is 16.4.